The van der Waals surface area contributed by atoms with Crippen LogP contribution in [0.5, 0.6) is 0 Å². The number of hydrogen-bond acceptors (Lipinski definition) is 3. The molecule has 2 aliphatic heterocycles. The van der Waals surface area contributed by atoms with E-state index < -0.39 is 0 Å². The van der Waals surface area contributed by atoms with E-state index in [-0.39, 0.29) is 18.3 Å². The highest BCUT2D eigenvalue weighted by molar-refractivity contribution is 5.78. The van der Waals surface area contributed by atoms with Gasteiger partial charge in [-0.1, -0.05) is 18.2 Å². The molecule has 1 N–H and O–H groups in total. The molecule has 2 aromatic rings. The lowest BCUT2D eigenvalue weighted by Crippen LogP contribution is -2.37. The fraction of sp³-hybridized carbons (Fsp3) is 0.429. The Morgan fingerprint density at radius 2 is 2.11 bits per heavy atom. The van der Waals surface area contributed by atoms with Gasteiger partial charge in [0.2, 0.25) is 5.91 Å². The summed E-state index contributed by atoms with van der Waals surface area (Å²) >= 11 is 0. The second kappa shape index (κ2) is 8.05. The molecule has 0 unspecified atom stereocenters. The minimum atomic E-state index is -0.227. The van der Waals surface area contributed by atoms with Crippen molar-refractivity contribution in [2.24, 2.45) is 0 Å². The van der Waals surface area contributed by atoms with Crippen LogP contribution in [0, 0.1) is 5.82 Å². The second-order valence-corrected chi connectivity index (χ2v) is 7.31. The molecule has 142 valence electrons. The van der Waals surface area contributed by atoms with E-state index in [9.17, 15) is 9.18 Å². The number of amides is 1. The summed E-state index contributed by atoms with van der Waals surface area (Å²) in [5.41, 5.74) is 3.28. The van der Waals surface area contributed by atoms with E-state index >= 15 is 0 Å². The molecular weight excluding hydrogens is 343 g/mol. The molecule has 1 amide bonds. The monoisotopic (exact) mass is 368 g/mol. The van der Waals surface area contributed by atoms with Crippen LogP contribution in [0.25, 0.3) is 5.57 Å². The molecule has 1 fully saturated rings. The third-order valence-corrected chi connectivity index (χ3v) is 5.45. The van der Waals surface area contributed by atoms with E-state index in [4.69, 9.17) is 0 Å². The van der Waals surface area contributed by atoms with Crippen LogP contribution in [-0.4, -0.2) is 46.8 Å². The van der Waals surface area contributed by atoms with Gasteiger partial charge < -0.3 is 10.2 Å². The Kier molecular flexibility index (Phi) is 5.34. The molecule has 3 heterocycles. The minimum Gasteiger partial charge on any atom is -0.337 e. The molecule has 2 aliphatic rings. The smallest absolute Gasteiger partial charge is 0.244 e. The van der Waals surface area contributed by atoms with Crippen molar-refractivity contribution in [3.8, 4) is 0 Å². The van der Waals surface area contributed by atoms with Gasteiger partial charge in [-0.25, -0.2) is 4.39 Å². The maximum atomic E-state index is 13.1. The largest absolute Gasteiger partial charge is 0.337 e. The van der Waals surface area contributed by atoms with Gasteiger partial charge in [-0.05, 0) is 55.1 Å². The van der Waals surface area contributed by atoms with Crippen LogP contribution in [0.15, 0.2) is 42.6 Å². The molecule has 0 aliphatic carbocycles. The second-order valence-electron chi connectivity index (χ2n) is 7.31. The van der Waals surface area contributed by atoms with Crippen molar-refractivity contribution in [1.29, 1.82) is 0 Å². The molecular formula is C21H25FN4O. The Morgan fingerprint density at radius 1 is 1.26 bits per heavy atom. The van der Waals surface area contributed by atoms with Gasteiger partial charge in [0, 0.05) is 31.7 Å². The van der Waals surface area contributed by atoms with Gasteiger partial charge in [-0.15, -0.1) is 0 Å². The quantitative estimate of drug-likeness (QED) is 0.903. The number of halogens is 1. The van der Waals surface area contributed by atoms with E-state index in [1.54, 1.807) is 16.8 Å². The molecule has 1 saturated heterocycles. The Labute approximate surface area is 158 Å². The van der Waals surface area contributed by atoms with Crippen LogP contribution < -0.4 is 5.32 Å². The average molecular weight is 368 g/mol. The summed E-state index contributed by atoms with van der Waals surface area (Å²) in [7, 11) is 0. The lowest BCUT2D eigenvalue weighted by atomic mass is 9.97. The van der Waals surface area contributed by atoms with Gasteiger partial charge in [0.15, 0.2) is 0 Å². The van der Waals surface area contributed by atoms with Crippen LogP contribution >= 0.6 is 0 Å². The third kappa shape index (κ3) is 4.27. The van der Waals surface area contributed by atoms with Gasteiger partial charge in [-0.2, -0.15) is 5.10 Å². The van der Waals surface area contributed by atoms with E-state index in [1.165, 1.54) is 24.1 Å². The van der Waals surface area contributed by atoms with Crippen molar-refractivity contribution < 1.29 is 9.18 Å². The first-order valence-electron chi connectivity index (χ1n) is 9.66. The van der Waals surface area contributed by atoms with Crippen molar-refractivity contribution in [2.45, 2.75) is 31.7 Å². The molecule has 1 aromatic heterocycles. The number of piperidine rings is 1. The molecule has 0 spiro atoms. The molecule has 1 atom stereocenters. The number of rotatable bonds is 4. The zero-order chi connectivity index (χ0) is 18.6. The summed E-state index contributed by atoms with van der Waals surface area (Å²) in [6, 6.07) is 8.58. The molecule has 0 bridgehead atoms. The topological polar surface area (TPSA) is 50.2 Å². The fourth-order valence-electron chi connectivity index (χ4n) is 3.85. The maximum absolute atomic E-state index is 13.1. The van der Waals surface area contributed by atoms with Crippen LogP contribution in [0.1, 0.15) is 36.4 Å². The zero-order valence-corrected chi connectivity index (χ0v) is 15.4. The van der Waals surface area contributed by atoms with Gasteiger partial charge in [0.25, 0.3) is 0 Å². The Bertz CT molecular complexity index is 821. The molecule has 0 saturated carbocycles. The van der Waals surface area contributed by atoms with Gasteiger partial charge >= 0.3 is 0 Å². The van der Waals surface area contributed by atoms with E-state index in [0.29, 0.717) is 19.0 Å². The first kappa shape index (κ1) is 17.9. The predicted octanol–water partition coefficient (Wildman–Crippen LogP) is 2.81. The summed E-state index contributed by atoms with van der Waals surface area (Å²) < 4.78 is 14.8. The van der Waals surface area contributed by atoms with Crippen molar-refractivity contribution in [2.75, 3.05) is 26.2 Å². The molecule has 5 nitrogen and oxygen atoms in total. The van der Waals surface area contributed by atoms with Crippen molar-refractivity contribution in [1.82, 2.24) is 20.0 Å². The standard InChI is InChI=1S/C21H25FN4O/c22-19-5-3-16(4-6-19)17-7-11-25(12-8-17)21(27)15-26-13-9-20(24-26)18-2-1-10-23-14-18/h3-7,9,13,18,23H,1-2,8,10-12,14-15H2/t18-/m1/s1. The summed E-state index contributed by atoms with van der Waals surface area (Å²) in [5, 5.41) is 8.02. The molecule has 0 radical (unpaired) electrons. The highest BCUT2D eigenvalue weighted by Gasteiger charge is 2.20. The summed E-state index contributed by atoms with van der Waals surface area (Å²) in [6.07, 6.45) is 7.09. The van der Waals surface area contributed by atoms with E-state index in [0.717, 1.165) is 37.2 Å². The summed E-state index contributed by atoms with van der Waals surface area (Å²) in [5.74, 6) is 0.307. The first-order valence-corrected chi connectivity index (χ1v) is 9.66. The number of nitrogens with zero attached hydrogens (tertiary/aromatic N) is 3. The van der Waals surface area contributed by atoms with E-state index in [1.807, 2.05) is 17.2 Å². The highest BCUT2D eigenvalue weighted by Crippen LogP contribution is 2.23. The van der Waals surface area contributed by atoms with Gasteiger partial charge in [0.05, 0.1) is 5.69 Å². The van der Waals surface area contributed by atoms with Crippen molar-refractivity contribution in [3.63, 3.8) is 0 Å². The minimum absolute atomic E-state index is 0.0841. The molecule has 1 aromatic carbocycles. The lowest BCUT2D eigenvalue weighted by Gasteiger charge is -2.26. The Morgan fingerprint density at radius 3 is 2.81 bits per heavy atom. The fourth-order valence-corrected chi connectivity index (χ4v) is 3.85. The average Bonchev–Trinajstić information content (AvgIpc) is 3.18. The Hall–Kier alpha value is -2.47. The van der Waals surface area contributed by atoms with Crippen LogP contribution in [-0.2, 0) is 11.3 Å². The highest BCUT2D eigenvalue weighted by atomic mass is 19.1. The van der Waals surface area contributed by atoms with Crippen LogP contribution in [0.3, 0.4) is 0 Å². The molecule has 27 heavy (non-hydrogen) atoms. The normalized spacial score (nSPS) is 20.4. The number of hydrogen-bond donors (Lipinski definition) is 1. The van der Waals surface area contributed by atoms with Crippen LogP contribution in [0.4, 0.5) is 4.39 Å². The van der Waals surface area contributed by atoms with E-state index in [2.05, 4.69) is 16.5 Å². The third-order valence-electron chi connectivity index (χ3n) is 5.45. The maximum Gasteiger partial charge on any atom is 0.244 e. The number of carbonyl (C=O) groups is 1. The van der Waals surface area contributed by atoms with Gasteiger partial charge in [-0.3, -0.25) is 9.48 Å². The van der Waals surface area contributed by atoms with Gasteiger partial charge in [0.1, 0.15) is 12.4 Å². The predicted molar refractivity (Wildman–Crippen MR) is 103 cm³/mol. The first-order chi connectivity index (χ1) is 13.2. The Balaban J connectivity index is 1.34. The number of benzene rings is 1. The molecule has 6 heteroatoms. The molecule has 4 rings (SSSR count). The van der Waals surface area contributed by atoms with Crippen molar-refractivity contribution in [3.05, 3.63) is 59.7 Å². The summed E-state index contributed by atoms with van der Waals surface area (Å²) in [4.78, 5) is 14.5. The number of nitrogens with one attached hydrogen (secondary N) is 1. The number of aromatic nitrogens is 2. The lowest BCUT2D eigenvalue weighted by molar-refractivity contribution is -0.131. The number of carbonyl (C=O) groups excluding carboxylic acids is 1. The SMILES string of the molecule is O=C(Cn1ccc([C@@H]2CCCNC2)n1)N1CC=C(c2ccc(F)cc2)CC1. The zero-order valence-electron chi connectivity index (χ0n) is 15.4. The van der Waals surface area contributed by atoms with Crippen LogP contribution in [0.2, 0.25) is 0 Å². The van der Waals surface area contributed by atoms with Crippen molar-refractivity contribution >= 4 is 11.5 Å². The summed E-state index contributed by atoms with van der Waals surface area (Å²) in [6.45, 7) is 3.60.